The average Bonchev–Trinajstić information content (AvgIpc) is 2.58. The zero-order valence-electron chi connectivity index (χ0n) is 10.1. The van der Waals surface area contributed by atoms with E-state index in [9.17, 15) is 0 Å². The number of nitrogens with one attached hydrogen (secondary N) is 1. The molecule has 1 saturated carbocycles. The molecule has 1 heteroatoms. The molecule has 0 aromatic carbocycles. The third-order valence-corrected chi connectivity index (χ3v) is 4.82. The lowest BCUT2D eigenvalue weighted by atomic mass is 9.74. The van der Waals surface area contributed by atoms with E-state index in [4.69, 9.17) is 0 Å². The van der Waals surface area contributed by atoms with Crippen molar-refractivity contribution in [2.24, 2.45) is 17.8 Å². The summed E-state index contributed by atoms with van der Waals surface area (Å²) in [7, 11) is 0. The van der Waals surface area contributed by atoms with Crippen LogP contribution < -0.4 is 5.32 Å². The maximum atomic E-state index is 3.84. The smallest absolute Gasteiger partial charge is 0.0324 e. The van der Waals surface area contributed by atoms with Crippen LogP contribution in [0.3, 0.4) is 0 Å². The third-order valence-electron chi connectivity index (χ3n) is 4.82. The van der Waals surface area contributed by atoms with Gasteiger partial charge in [-0.25, -0.2) is 0 Å². The molecule has 1 fully saturated rings. The van der Waals surface area contributed by atoms with Crippen LogP contribution >= 0.6 is 0 Å². The Balaban J connectivity index is 1.86. The van der Waals surface area contributed by atoms with Crippen LogP contribution in [0, 0.1) is 17.8 Å². The molecule has 0 spiro atoms. The first-order valence-electron chi connectivity index (χ1n) is 6.75. The summed E-state index contributed by atoms with van der Waals surface area (Å²) in [5.74, 6) is 2.68. The lowest BCUT2D eigenvalue weighted by Gasteiger charge is -2.31. The van der Waals surface area contributed by atoms with Gasteiger partial charge >= 0.3 is 0 Å². The molecule has 4 atom stereocenters. The molecule has 3 rings (SSSR count). The lowest BCUT2D eigenvalue weighted by molar-refractivity contribution is 0.269. The van der Waals surface area contributed by atoms with E-state index < -0.39 is 0 Å². The second kappa shape index (κ2) is 3.54. The molecule has 0 aromatic heterocycles. The molecule has 1 aliphatic heterocycles. The summed E-state index contributed by atoms with van der Waals surface area (Å²) in [6, 6.07) is 0.812. The Hall–Kier alpha value is -0.460. The molecule has 0 aromatic rings. The maximum absolute atomic E-state index is 3.84. The summed E-state index contributed by atoms with van der Waals surface area (Å²) in [6.45, 7) is 4.84. The summed E-state index contributed by atoms with van der Waals surface area (Å²) in [5.41, 5.74) is 3.48. The van der Waals surface area contributed by atoms with E-state index >= 15 is 0 Å². The molecule has 1 heterocycles. The lowest BCUT2D eigenvalue weighted by Crippen LogP contribution is -2.34. The molecule has 0 saturated heterocycles. The fourth-order valence-corrected chi connectivity index (χ4v) is 3.95. The average molecular weight is 205 g/mol. The Labute approximate surface area is 93.3 Å². The van der Waals surface area contributed by atoms with Crippen molar-refractivity contribution in [1.29, 1.82) is 0 Å². The minimum absolute atomic E-state index is 0.812. The highest BCUT2D eigenvalue weighted by Gasteiger charge is 2.39. The molecular weight excluding hydrogens is 182 g/mol. The van der Waals surface area contributed by atoms with Crippen molar-refractivity contribution in [2.45, 2.75) is 58.4 Å². The van der Waals surface area contributed by atoms with Crippen LogP contribution in [0.1, 0.15) is 52.4 Å². The summed E-state index contributed by atoms with van der Waals surface area (Å²) < 4.78 is 0. The fourth-order valence-electron chi connectivity index (χ4n) is 3.95. The number of allylic oxidation sites excluding steroid dienone is 1. The summed E-state index contributed by atoms with van der Waals surface area (Å²) >= 11 is 0. The normalized spacial score (nSPS) is 44.7. The van der Waals surface area contributed by atoms with Crippen LogP contribution in [0.25, 0.3) is 0 Å². The van der Waals surface area contributed by atoms with E-state index in [2.05, 4.69) is 19.2 Å². The highest BCUT2D eigenvalue weighted by atomic mass is 15.0. The predicted molar refractivity (Wildman–Crippen MR) is 63.5 cm³/mol. The van der Waals surface area contributed by atoms with E-state index in [0.29, 0.717) is 0 Å². The van der Waals surface area contributed by atoms with Gasteiger partial charge in [0.05, 0.1) is 0 Å². The predicted octanol–water partition coefficient (Wildman–Crippen LogP) is 3.47. The van der Waals surface area contributed by atoms with Crippen molar-refractivity contribution in [1.82, 2.24) is 5.32 Å². The van der Waals surface area contributed by atoms with Gasteiger partial charge in [-0.05, 0) is 55.9 Å². The van der Waals surface area contributed by atoms with Crippen molar-refractivity contribution >= 4 is 0 Å². The van der Waals surface area contributed by atoms with E-state index in [-0.39, 0.29) is 0 Å². The van der Waals surface area contributed by atoms with E-state index in [1.54, 1.807) is 5.70 Å². The molecule has 3 aliphatic rings. The molecule has 2 aliphatic carbocycles. The van der Waals surface area contributed by atoms with Gasteiger partial charge in [-0.1, -0.05) is 13.8 Å². The van der Waals surface area contributed by atoms with Crippen LogP contribution in [0.15, 0.2) is 11.3 Å². The van der Waals surface area contributed by atoms with Gasteiger partial charge in [0.2, 0.25) is 0 Å². The summed E-state index contributed by atoms with van der Waals surface area (Å²) in [5, 5.41) is 3.84. The molecule has 1 nitrogen and oxygen atoms in total. The quantitative estimate of drug-likeness (QED) is 0.638. The molecule has 0 bridgehead atoms. The minimum atomic E-state index is 0.812. The van der Waals surface area contributed by atoms with Gasteiger partial charge in [0.15, 0.2) is 0 Å². The zero-order chi connectivity index (χ0) is 10.4. The number of hydrogen-bond acceptors (Lipinski definition) is 1. The highest BCUT2D eigenvalue weighted by Crippen LogP contribution is 2.45. The van der Waals surface area contributed by atoms with Crippen LogP contribution in [0.4, 0.5) is 0 Å². The van der Waals surface area contributed by atoms with Crippen molar-refractivity contribution in [3.8, 4) is 0 Å². The maximum Gasteiger partial charge on any atom is 0.0324 e. The monoisotopic (exact) mass is 205 g/mol. The van der Waals surface area contributed by atoms with Crippen LogP contribution in [0.2, 0.25) is 0 Å². The Bertz CT molecular complexity index is 292. The molecule has 1 N–H and O–H groups in total. The molecule has 0 amide bonds. The van der Waals surface area contributed by atoms with Crippen LogP contribution in [-0.2, 0) is 0 Å². The first kappa shape index (κ1) is 9.74. The Morgan fingerprint density at radius 3 is 2.87 bits per heavy atom. The second-order valence-corrected chi connectivity index (χ2v) is 6.01. The molecule has 4 unspecified atom stereocenters. The van der Waals surface area contributed by atoms with Gasteiger partial charge in [-0.3, -0.25) is 0 Å². The van der Waals surface area contributed by atoms with Crippen LogP contribution in [0.5, 0.6) is 0 Å². The van der Waals surface area contributed by atoms with E-state index in [1.165, 1.54) is 38.5 Å². The first-order valence-corrected chi connectivity index (χ1v) is 6.75. The van der Waals surface area contributed by atoms with E-state index in [1.807, 2.05) is 5.57 Å². The largest absolute Gasteiger partial charge is 0.385 e. The van der Waals surface area contributed by atoms with Crippen molar-refractivity contribution in [2.75, 3.05) is 0 Å². The molecule has 0 radical (unpaired) electrons. The first-order chi connectivity index (χ1) is 7.25. The number of hydrogen-bond donors (Lipinski definition) is 1. The highest BCUT2D eigenvalue weighted by molar-refractivity contribution is 5.29. The topological polar surface area (TPSA) is 12.0 Å². The standard InChI is InChI=1S/C14H23N/c1-9-6-7-13-12(8-9)11-5-3-4-10(2)14(11)15-13/h9-10,12-13,15H,3-8H2,1-2H3. The Kier molecular flexibility index (Phi) is 2.30. The van der Waals surface area contributed by atoms with Gasteiger partial charge in [0.1, 0.15) is 0 Å². The van der Waals surface area contributed by atoms with Gasteiger partial charge in [0, 0.05) is 17.7 Å². The van der Waals surface area contributed by atoms with Crippen LogP contribution in [-0.4, -0.2) is 6.04 Å². The summed E-state index contributed by atoms with van der Waals surface area (Å²) in [4.78, 5) is 0. The number of rotatable bonds is 0. The van der Waals surface area contributed by atoms with Crippen molar-refractivity contribution in [3.63, 3.8) is 0 Å². The summed E-state index contributed by atoms with van der Waals surface area (Å²) in [6.07, 6.45) is 8.51. The Morgan fingerprint density at radius 2 is 2.00 bits per heavy atom. The van der Waals surface area contributed by atoms with Gasteiger partial charge < -0.3 is 5.32 Å². The zero-order valence-corrected chi connectivity index (χ0v) is 10.1. The number of fused-ring (bicyclic) bond motifs is 2. The van der Waals surface area contributed by atoms with Gasteiger partial charge in [0.25, 0.3) is 0 Å². The van der Waals surface area contributed by atoms with Gasteiger partial charge in [-0.2, -0.15) is 0 Å². The molecule has 84 valence electrons. The van der Waals surface area contributed by atoms with Crippen molar-refractivity contribution < 1.29 is 0 Å². The third kappa shape index (κ3) is 1.51. The second-order valence-electron chi connectivity index (χ2n) is 6.01. The van der Waals surface area contributed by atoms with Gasteiger partial charge in [-0.15, -0.1) is 0 Å². The molecular formula is C14H23N. The fraction of sp³-hybridized carbons (Fsp3) is 0.857. The minimum Gasteiger partial charge on any atom is -0.385 e. The molecule has 15 heavy (non-hydrogen) atoms. The Morgan fingerprint density at radius 1 is 1.13 bits per heavy atom. The van der Waals surface area contributed by atoms with Crippen molar-refractivity contribution in [3.05, 3.63) is 11.3 Å². The van der Waals surface area contributed by atoms with E-state index in [0.717, 1.165) is 23.8 Å². The SMILES string of the molecule is CC1CCC2NC3=C(CCCC3C)C2C1.